The lowest BCUT2D eigenvalue weighted by atomic mass is 9.75. The lowest BCUT2D eigenvalue weighted by molar-refractivity contribution is -0.130. The molecule has 31 heavy (non-hydrogen) atoms. The summed E-state index contributed by atoms with van der Waals surface area (Å²) in [5.41, 5.74) is 6.00. The van der Waals surface area contributed by atoms with E-state index in [9.17, 15) is 4.79 Å². The summed E-state index contributed by atoms with van der Waals surface area (Å²) in [4.78, 5) is 12.7. The Bertz CT molecular complexity index is 999. The molecule has 1 fully saturated rings. The lowest BCUT2D eigenvalue weighted by Gasteiger charge is -2.44. The number of hydrogen-bond acceptors (Lipinski definition) is 2. The molecule has 2 unspecified atom stereocenters. The van der Waals surface area contributed by atoms with Crippen molar-refractivity contribution in [3.63, 3.8) is 0 Å². The first-order chi connectivity index (χ1) is 14.9. The first kappa shape index (κ1) is 21.1. The maximum absolute atomic E-state index is 12.7. The van der Waals surface area contributed by atoms with Crippen LogP contribution >= 0.6 is 0 Å². The Balaban J connectivity index is 1.86. The van der Waals surface area contributed by atoms with E-state index in [1.165, 1.54) is 0 Å². The molecule has 0 bridgehead atoms. The fourth-order valence-electron chi connectivity index (χ4n) is 3.99. The molecule has 0 aliphatic carbocycles. The van der Waals surface area contributed by atoms with Crippen LogP contribution in [0, 0.1) is 11.5 Å². The molecule has 156 valence electrons. The van der Waals surface area contributed by atoms with Gasteiger partial charge in [0.25, 0.3) is 0 Å². The van der Waals surface area contributed by atoms with Crippen molar-refractivity contribution in [2.24, 2.45) is 0 Å². The van der Waals surface area contributed by atoms with Gasteiger partial charge in [-0.3, -0.25) is 10.1 Å². The van der Waals surface area contributed by atoms with Crippen molar-refractivity contribution in [1.29, 1.82) is 0 Å². The van der Waals surface area contributed by atoms with Gasteiger partial charge in [-0.25, -0.2) is 0 Å². The van der Waals surface area contributed by atoms with E-state index in [0.717, 1.165) is 16.7 Å². The number of carbonyl (C=O) groups excluding carboxylic acids is 1. The van der Waals surface area contributed by atoms with Crippen molar-refractivity contribution >= 4 is 14.0 Å². The van der Waals surface area contributed by atoms with E-state index in [4.69, 9.17) is 0 Å². The highest BCUT2D eigenvalue weighted by molar-refractivity contribution is 6.83. The van der Waals surface area contributed by atoms with E-state index in [1.807, 2.05) is 54.6 Å². The molecule has 3 aromatic rings. The summed E-state index contributed by atoms with van der Waals surface area (Å²) in [6, 6.07) is 30.4. The molecule has 0 radical (unpaired) electrons. The van der Waals surface area contributed by atoms with Crippen LogP contribution in [-0.2, 0) is 10.3 Å². The molecule has 3 nitrogen and oxygen atoms in total. The summed E-state index contributed by atoms with van der Waals surface area (Å²) in [6.45, 7) is 6.64. The minimum Gasteiger partial charge on any atom is -0.339 e. The zero-order valence-electron chi connectivity index (χ0n) is 18.2. The number of carbonyl (C=O) groups is 1. The Kier molecular flexibility index (Phi) is 5.82. The van der Waals surface area contributed by atoms with Crippen molar-refractivity contribution in [3.05, 3.63) is 108 Å². The minimum atomic E-state index is -1.54. The van der Waals surface area contributed by atoms with Gasteiger partial charge in [0.1, 0.15) is 20.2 Å². The molecular weight excluding hydrogens is 396 g/mol. The SMILES string of the molecule is C[Si](C)(C)C#CC1NC(=O)C1NC(c1ccccc1)(c1ccccc1)c1ccccc1. The number of benzene rings is 3. The molecule has 1 saturated heterocycles. The number of amides is 1. The third-order valence-electron chi connectivity index (χ3n) is 5.51. The number of nitrogens with one attached hydrogen (secondary N) is 2. The standard InChI is InChI=1S/C27H28N2OSi/c1-31(2,3)20-19-24-25(26(30)28-24)29-27(21-13-7-4-8-14-21,22-15-9-5-10-16-22)23-17-11-6-12-18-23/h4-18,24-25,29H,1-3H3,(H,28,30). The fourth-order valence-corrected chi connectivity index (χ4v) is 4.58. The Morgan fingerprint density at radius 3 is 1.55 bits per heavy atom. The second-order valence-corrected chi connectivity index (χ2v) is 13.7. The summed E-state index contributed by atoms with van der Waals surface area (Å²) in [5.74, 6) is 3.32. The highest BCUT2D eigenvalue weighted by atomic mass is 28.3. The number of β-lactam (4-membered cyclic amide) rings is 1. The van der Waals surface area contributed by atoms with Crippen molar-refractivity contribution in [2.75, 3.05) is 0 Å². The predicted octanol–water partition coefficient (Wildman–Crippen LogP) is 4.32. The zero-order chi connectivity index (χ0) is 21.9. The van der Waals surface area contributed by atoms with Gasteiger partial charge in [-0.2, -0.15) is 0 Å². The summed E-state index contributed by atoms with van der Waals surface area (Å²) in [6.07, 6.45) is 0. The summed E-state index contributed by atoms with van der Waals surface area (Å²) in [7, 11) is -1.54. The number of rotatable bonds is 5. The largest absolute Gasteiger partial charge is 0.339 e. The van der Waals surface area contributed by atoms with E-state index < -0.39 is 19.7 Å². The second-order valence-electron chi connectivity index (χ2n) is 8.98. The summed E-state index contributed by atoms with van der Waals surface area (Å²) < 4.78 is 0. The monoisotopic (exact) mass is 424 g/mol. The minimum absolute atomic E-state index is 0.0120. The highest BCUT2D eigenvalue weighted by Crippen LogP contribution is 2.38. The quantitative estimate of drug-likeness (QED) is 0.277. The first-order valence-electron chi connectivity index (χ1n) is 10.7. The predicted molar refractivity (Wildman–Crippen MR) is 129 cm³/mol. The van der Waals surface area contributed by atoms with Crippen molar-refractivity contribution in [1.82, 2.24) is 10.6 Å². The molecule has 0 saturated carbocycles. The maximum atomic E-state index is 12.7. The van der Waals surface area contributed by atoms with Crippen LogP contribution in [0.4, 0.5) is 0 Å². The van der Waals surface area contributed by atoms with Gasteiger partial charge in [0.2, 0.25) is 5.91 Å². The van der Waals surface area contributed by atoms with Gasteiger partial charge in [0.05, 0.1) is 5.54 Å². The van der Waals surface area contributed by atoms with Crippen LogP contribution in [0.15, 0.2) is 91.0 Å². The molecule has 0 aromatic heterocycles. The molecule has 4 rings (SSSR count). The van der Waals surface area contributed by atoms with E-state index in [1.54, 1.807) is 0 Å². The molecule has 0 spiro atoms. The van der Waals surface area contributed by atoms with E-state index in [-0.39, 0.29) is 11.9 Å². The molecular formula is C27H28N2OSi. The Labute approximate surface area is 185 Å². The molecule has 1 heterocycles. The molecule has 2 atom stereocenters. The van der Waals surface area contributed by atoms with Crippen molar-refractivity contribution in [3.8, 4) is 11.5 Å². The summed E-state index contributed by atoms with van der Waals surface area (Å²) >= 11 is 0. The van der Waals surface area contributed by atoms with Crippen LogP contribution in [0.1, 0.15) is 16.7 Å². The maximum Gasteiger partial charge on any atom is 0.241 e. The van der Waals surface area contributed by atoms with E-state index in [2.05, 4.69) is 78.1 Å². The Morgan fingerprint density at radius 2 is 1.19 bits per heavy atom. The van der Waals surface area contributed by atoms with Crippen LogP contribution < -0.4 is 10.6 Å². The van der Waals surface area contributed by atoms with Crippen LogP contribution in [0.3, 0.4) is 0 Å². The van der Waals surface area contributed by atoms with Crippen LogP contribution in [-0.4, -0.2) is 26.1 Å². The van der Waals surface area contributed by atoms with E-state index in [0.29, 0.717) is 0 Å². The van der Waals surface area contributed by atoms with Crippen LogP contribution in [0.5, 0.6) is 0 Å². The molecule has 1 aliphatic rings. The van der Waals surface area contributed by atoms with Gasteiger partial charge >= 0.3 is 0 Å². The fraction of sp³-hybridized carbons (Fsp3) is 0.222. The van der Waals surface area contributed by atoms with Crippen molar-refractivity contribution in [2.45, 2.75) is 37.3 Å². The highest BCUT2D eigenvalue weighted by Gasteiger charge is 2.46. The second kappa shape index (κ2) is 8.54. The van der Waals surface area contributed by atoms with Gasteiger partial charge in [0.15, 0.2) is 0 Å². The smallest absolute Gasteiger partial charge is 0.241 e. The normalized spacial score (nSPS) is 18.4. The third kappa shape index (κ3) is 4.34. The van der Waals surface area contributed by atoms with Gasteiger partial charge in [0, 0.05) is 0 Å². The van der Waals surface area contributed by atoms with Gasteiger partial charge in [-0.1, -0.05) is 117 Å². The van der Waals surface area contributed by atoms with Gasteiger partial charge in [-0.05, 0) is 16.7 Å². The first-order valence-corrected chi connectivity index (χ1v) is 14.2. The number of hydrogen-bond donors (Lipinski definition) is 2. The van der Waals surface area contributed by atoms with E-state index >= 15 is 0 Å². The van der Waals surface area contributed by atoms with Crippen LogP contribution in [0.25, 0.3) is 0 Å². The summed E-state index contributed by atoms with van der Waals surface area (Å²) in [5, 5.41) is 6.74. The molecule has 3 aromatic carbocycles. The average molecular weight is 425 g/mol. The topological polar surface area (TPSA) is 41.1 Å². The van der Waals surface area contributed by atoms with Gasteiger partial charge in [-0.15, -0.1) is 5.54 Å². The lowest BCUT2D eigenvalue weighted by Crippen LogP contribution is -2.71. The molecule has 1 amide bonds. The van der Waals surface area contributed by atoms with Gasteiger partial charge < -0.3 is 5.32 Å². The third-order valence-corrected chi connectivity index (χ3v) is 6.40. The zero-order valence-corrected chi connectivity index (χ0v) is 19.2. The van der Waals surface area contributed by atoms with Crippen molar-refractivity contribution < 1.29 is 4.79 Å². The Morgan fingerprint density at radius 1 is 0.774 bits per heavy atom. The Hall–Kier alpha value is -3.13. The molecule has 2 N–H and O–H groups in total. The average Bonchev–Trinajstić information content (AvgIpc) is 2.78. The van der Waals surface area contributed by atoms with Crippen LogP contribution in [0.2, 0.25) is 19.6 Å². The molecule has 4 heteroatoms. The molecule has 1 aliphatic heterocycles.